The Labute approximate surface area is 219 Å². The van der Waals surface area contributed by atoms with Crippen LogP contribution in [-0.4, -0.2) is 43.0 Å². The summed E-state index contributed by atoms with van der Waals surface area (Å²) in [6.45, 7) is 5.55. The summed E-state index contributed by atoms with van der Waals surface area (Å²) in [7, 11) is 0. The Kier molecular flexibility index (Phi) is 7.91. The summed E-state index contributed by atoms with van der Waals surface area (Å²) in [6, 6.07) is 14.6. The molecule has 200 valence electrons. The molecular formula is C30H40F2N4O. The third-order valence-corrected chi connectivity index (χ3v) is 8.98. The molecule has 37 heavy (non-hydrogen) atoms. The lowest BCUT2D eigenvalue weighted by molar-refractivity contribution is -0.126. The van der Waals surface area contributed by atoms with Gasteiger partial charge in [-0.05, 0) is 68.1 Å². The molecule has 1 amide bonds. The van der Waals surface area contributed by atoms with E-state index in [1.54, 1.807) is 0 Å². The van der Waals surface area contributed by atoms with Gasteiger partial charge in [0.1, 0.15) is 0 Å². The van der Waals surface area contributed by atoms with E-state index in [1.165, 1.54) is 11.1 Å². The molecule has 3 aliphatic rings. The van der Waals surface area contributed by atoms with Crippen LogP contribution < -0.4 is 16.0 Å². The highest BCUT2D eigenvalue weighted by Gasteiger charge is 2.50. The van der Waals surface area contributed by atoms with Crippen molar-refractivity contribution in [1.29, 1.82) is 0 Å². The maximum atomic E-state index is 13.6. The monoisotopic (exact) mass is 510 g/mol. The number of fused-ring (bicyclic) bond motifs is 2. The number of carbonyl (C=O) groups excluding carboxylic acids is 1. The van der Waals surface area contributed by atoms with Gasteiger partial charge in [-0.3, -0.25) is 9.78 Å². The molecule has 2 fully saturated rings. The maximum Gasteiger partial charge on any atom is 0.248 e. The van der Waals surface area contributed by atoms with Crippen LogP contribution in [0.1, 0.15) is 73.4 Å². The Bertz CT molecular complexity index is 1070. The van der Waals surface area contributed by atoms with Gasteiger partial charge in [0, 0.05) is 56.7 Å². The van der Waals surface area contributed by atoms with E-state index in [-0.39, 0.29) is 30.1 Å². The first-order valence-corrected chi connectivity index (χ1v) is 14.0. The highest BCUT2D eigenvalue weighted by atomic mass is 19.3. The number of carbonyl (C=O) groups is 1. The smallest absolute Gasteiger partial charge is 0.248 e. The van der Waals surface area contributed by atoms with Crippen LogP contribution in [0.4, 0.5) is 8.78 Å². The largest absolute Gasteiger partial charge is 0.356 e. The van der Waals surface area contributed by atoms with Gasteiger partial charge >= 0.3 is 0 Å². The number of rotatable bonds is 8. The van der Waals surface area contributed by atoms with E-state index >= 15 is 0 Å². The highest BCUT2D eigenvalue weighted by Crippen LogP contribution is 2.40. The van der Waals surface area contributed by atoms with Gasteiger partial charge in [0.05, 0.1) is 11.6 Å². The molecule has 7 heteroatoms. The molecule has 3 atom stereocenters. The molecule has 5 rings (SSSR count). The van der Waals surface area contributed by atoms with Crippen LogP contribution >= 0.6 is 0 Å². The zero-order valence-electron chi connectivity index (χ0n) is 21.9. The minimum atomic E-state index is -2.48. The summed E-state index contributed by atoms with van der Waals surface area (Å²) < 4.78 is 27.2. The molecule has 1 saturated heterocycles. The standard InChI is InChI=1S/C30H40F2N4O/c1-21-7-10-25-27(36-21)18-34-20-29(25)19-33-17-26(29)28(37)35-16-13-24(23-5-3-2-4-6-23)9-8-22-11-14-30(31,32)15-12-22/h2-7,10,22,24,26,33-34H,8-9,11-20H2,1H3,(H,35,37). The van der Waals surface area contributed by atoms with Crippen molar-refractivity contribution in [3.63, 3.8) is 0 Å². The molecule has 5 nitrogen and oxygen atoms in total. The van der Waals surface area contributed by atoms with Gasteiger partial charge in [0.15, 0.2) is 0 Å². The van der Waals surface area contributed by atoms with E-state index in [4.69, 9.17) is 4.98 Å². The Hall–Kier alpha value is -2.38. The molecule has 3 N–H and O–H groups in total. The Morgan fingerprint density at radius 3 is 2.62 bits per heavy atom. The van der Waals surface area contributed by atoms with Crippen LogP contribution in [0, 0.1) is 18.8 Å². The summed E-state index contributed by atoms with van der Waals surface area (Å²) in [4.78, 5) is 18.3. The second-order valence-electron chi connectivity index (χ2n) is 11.5. The van der Waals surface area contributed by atoms with E-state index < -0.39 is 5.92 Å². The van der Waals surface area contributed by atoms with Crippen molar-refractivity contribution < 1.29 is 13.6 Å². The van der Waals surface area contributed by atoms with Crippen molar-refractivity contribution in [1.82, 2.24) is 20.9 Å². The third-order valence-electron chi connectivity index (χ3n) is 8.98. The van der Waals surface area contributed by atoms with E-state index in [0.717, 1.165) is 50.3 Å². The minimum Gasteiger partial charge on any atom is -0.356 e. The fourth-order valence-electron chi connectivity index (χ4n) is 6.79. The van der Waals surface area contributed by atoms with Crippen molar-refractivity contribution in [3.05, 3.63) is 65.0 Å². The lowest BCUT2D eigenvalue weighted by Crippen LogP contribution is -2.53. The fourth-order valence-corrected chi connectivity index (χ4v) is 6.79. The predicted molar refractivity (Wildman–Crippen MR) is 142 cm³/mol. The molecule has 3 unspecified atom stereocenters. The van der Waals surface area contributed by atoms with Crippen LogP contribution in [0.5, 0.6) is 0 Å². The minimum absolute atomic E-state index is 0.0218. The average Bonchev–Trinajstić information content (AvgIpc) is 3.31. The molecule has 1 saturated carbocycles. The summed E-state index contributed by atoms with van der Waals surface area (Å²) in [5, 5.41) is 10.2. The van der Waals surface area contributed by atoms with Crippen LogP contribution in [0.2, 0.25) is 0 Å². The number of aromatic nitrogens is 1. The summed E-state index contributed by atoms with van der Waals surface area (Å²) in [5.41, 5.74) is 4.24. The lowest BCUT2D eigenvalue weighted by Gasteiger charge is -2.39. The second-order valence-corrected chi connectivity index (χ2v) is 11.5. The number of aryl methyl sites for hydroxylation is 1. The van der Waals surface area contributed by atoms with Crippen molar-refractivity contribution in [3.8, 4) is 0 Å². The number of halogens is 2. The molecule has 1 aromatic carbocycles. The van der Waals surface area contributed by atoms with Gasteiger partial charge < -0.3 is 16.0 Å². The van der Waals surface area contributed by atoms with Crippen molar-refractivity contribution >= 4 is 5.91 Å². The number of nitrogens with zero attached hydrogens (tertiary/aromatic N) is 1. The number of pyridine rings is 1. The predicted octanol–water partition coefficient (Wildman–Crippen LogP) is 4.85. The molecule has 1 spiro atoms. The van der Waals surface area contributed by atoms with Gasteiger partial charge in [-0.25, -0.2) is 8.78 Å². The first-order chi connectivity index (χ1) is 17.9. The van der Waals surface area contributed by atoms with E-state index in [9.17, 15) is 13.6 Å². The van der Waals surface area contributed by atoms with Gasteiger partial charge in [-0.15, -0.1) is 0 Å². The summed E-state index contributed by atoms with van der Waals surface area (Å²) >= 11 is 0. The summed E-state index contributed by atoms with van der Waals surface area (Å²) in [5.74, 6) is -1.84. The zero-order chi connectivity index (χ0) is 25.9. The molecule has 2 aromatic rings. The van der Waals surface area contributed by atoms with E-state index in [1.807, 2.05) is 13.0 Å². The number of hydrogen-bond acceptors (Lipinski definition) is 4. The van der Waals surface area contributed by atoms with Gasteiger partial charge in [-0.2, -0.15) is 0 Å². The van der Waals surface area contributed by atoms with Gasteiger partial charge in [0.2, 0.25) is 11.8 Å². The highest BCUT2D eigenvalue weighted by molar-refractivity contribution is 5.81. The Balaban J connectivity index is 1.21. The number of benzene rings is 1. The molecule has 2 aliphatic heterocycles. The third kappa shape index (κ3) is 5.88. The number of nitrogens with one attached hydrogen (secondary N) is 3. The normalized spacial score (nSPS) is 26.1. The second kappa shape index (κ2) is 11.2. The molecule has 0 bridgehead atoms. The zero-order valence-corrected chi connectivity index (χ0v) is 21.9. The molecule has 1 aliphatic carbocycles. The van der Waals surface area contributed by atoms with E-state index in [2.05, 4.69) is 52.3 Å². The van der Waals surface area contributed by atoms with Crippen molar-refractivity contribution in [2.24, 2.45) is 11.8 Å². The molecule has 0 radical (unpaired) electrons. The van der Waals surface area contributed by atoms with Gasteiger partial charge in [0.25, 0.3) is 0 Å². The first-order valence-electron chi connectivity index (χ1n) is 14.0. The van der Waals surface area contributed by atoms with Crippen LogP contribution in [-0.2, 0) is 16.8 Å². The van der Waals surface area contributed by atoms with Crippen LogP contribution in [0.25, 0.3) is 0 Å². The SMILES string of the molecule is Cc1ccc2c(n1)CNCC21CNCC1C(=O)NCCC(CCC1CCC(F)(F)CC1)c1ccccc1. The molecule has 3 heterocycles. The summed E-state index contributed by atoms with van der Waals surface area (Å²) in [6.07, 6.45) is 4.06. The fraction of sp³-hybridized carbons (Fsp3) is 0.600. The van der Waals surface area contributed by atoms with E-state index in [0.29, 0.717) is 37.8 Å². The maximum absolute atomic E-state index is 13.6. The Morgan fingerprint density at radius 2 is 1.84 bits per heavy atom. The van der Waals surface area contributed by atoms with Crippen LogP contribution in [0.3, 0.4) is 0 Å². The van der Waals surface area contributed by atoms with Gasteiger partial charge in [-0.1, -0.05) is 36.4 Å². The van der Waals surface area contributed by atoms with Crippen molar-refractivity contribution in [2.75, 3.05) is 26.2 Å². The van der Waals surface area contributed by atoms with Crippen LogP contribution in [0.15, 0.2) is 42.5 Å². The number of alkyl halides is 2. The molecular weight excluding hydrogens is 470 g/mol. The Morgan fingerprint density at radius 1 is 1.08 bits per heavy atom. The number of hydrogen-bond donors (Lipinski definition) is 3. The topological polar surface area (TPSA) is 66.0 Å². The quantitative estimate of drug-likeness (QED) is 0.475. The first kappa shape index (κ1) is 26.2. The molecule has 1 aromatic heterocycles. The van der Waals surface area contributed by atoms with Crippen molar-refractivity contribution in [2.45, 2.75) is 75.7 Å². The lowest BCUT2D eigenvalue weighted by atomic mass is 9.69. The average molecular weight is 511 g/mol. The number of amides is 1.